The van der Waals surface area contributed by atoms with Crippen LogP contribution in [0.15, 0.2) is 0 Å². The summed E-state index contributed by atoms with van der Waals surface area (Å²) in [5, 5.41) is 0. The van der Waals surface area contributed by atoms with Crippen LogP contribution in [0.25, 0.3) is 0 Å². The second kappa shape index (κ2) is 3.72. The molecule has 0 aromatic rings. The van der Waals surface area contributed by atoms with Gasteiger partial charge in [0.25, 0.3) is 12.8 Å². The summed E-state index contributed by atoms with van der Waals surface area (Å²) < 4.78 is 54.4. The van der Waals surface area contributed by atoms with Crippen LogP contribution in [0.1, 0.15) is 0 Å². The van der Waals surface area contributed by atoms with Crippen LogP contribution < -0.4 is 0 Å². The van der Waals surface area contributed by atoms with Crippen molar-refractivity contribution in [2.45, 2.75) is 31.1 Å². The van der Waals surface area contributed by atoms with Crippen LogP contribution in [0.5, 0.6) is 0 Å². The number of cyclic esters (lactones) is 4. The first-order valence-electron chi connectivity index (χ1n) is 4.16. The van der Waals surface area contributed by atoms with Gasteiger partial charge in [0, 0.05) is 0 Å². The number of alkyl halides is 3. The summed E-state index contributed by atoms with van der Waals surface area (Å²) >= 11 is 0. The van der Waals surface area contributed by atoms with Crippen molar-refractivity contribution in [2.24, 2.45) is 0 Å². The standard InChI is InChI=1S/C7H5F3O6/c8-4(9)2-1(13-6(11)14-2)3-5(10)16-7(12)15-3/h1-5H. The van der Waals surface area contributed by atoms with Crippen molar-refractivity contribution in [3.63, 3.8) is 0 Å². The third-order valence-corrected chi connectivity index (χ3v) is 2.06. The Hall–Kier alpha value is -1.67. The second-order valence-electron chi connectivity index (χ2n) is 3.05. The van der Waals surface area contributed by atoms with Gasteiger partial charge >= 0.3 is 12.3 Å². The normalized spacial score (nSPS) is 38.0. The van der Waals surface area contributed by atoms with Crippen LogP contribution in [0.4, 0.5) is 22.8 Å². The molecule has 0 radical (unpaired) electrons. The molecule has 2 aliphatic heterocycles. The first-order chi connectivity index (χ1) is 7.49. The summed E-state index contributed by atoms with van der Waals surface area (Å²) in [6.45, 7) is 0. The van der Waals surface area contributed by atoms with E-state index in [1.54, 1.807) is 0 Å². The highest BCUT2D eigenvalue weighted by Crippen LogP contribution is 2.30. The third kappa shape index (κ3) is 1.72. The molecule has 0 spiro atoms. The van der Waals surface area contributed by atoms with Crippen LogP contribution >= 0.6 is 0 Å². The third-order valence-electron chi connectivity index (χ3n) is 2.06. The van der Waals surface area contributed by atoms with E-state index in [2.05, 4.69) is 18.9 Å². The average molecular weight is 242 g/mol. The van der Waals surface area contributed by atoms with E-state index in [1.165, 1.54) is 0 Å². The first kappa shape index (κ1) is 10.8. The molecule has 0 amide bonds. The van der Waals surface area contributed by atoms with Gasteiger partial charge in [-0.05, 0) is 0 Å². The highest BCUT2D eigenvalue weighted by atomic mass is 19.3. The van der Waals surface area contributed by atoms with Crippen molar-refractivity contribution in [3.8, 4) is 0 Å². The Morgan fingerprint density at radius 3 is 2.00 bits per heavy atom. The zero-order valence-corrected chi connectivity index (χ0v) is 7.47. The lowest BCUT2D eigenvalue weighted by Gasteiger charge is -2.18. The van der Waals surface area contributed by atoms with E-state index in [9.17, 15) is 22.8 Å². The van der Waals surface area contributed by atoms with Crippen molar-refractivity contribution in [2.75, 3.05) is 0 Å². The molecule has 2 aliphatic rings. The minimum atomic E-state index is -3.08. The molecule has 4 atom stereocenters. The minimum Gasteiger partial charge on any atom is -0.422 e. The molecule has 2 fully saturated rings. The molecule has 0 aromatic heterocycles. The van der Waals surface area contributed by atoms with Gasteiger partial charge in [0.1, 0.15) is 0 Å². The van der Waals surface area contributed by atoms with Crippen LogP contribution in [-0.4, -0.2) is 43.4 Å². The van der Waals surface area contributed by atoms with E-state index >= 15 is 0 Å². The van der Waals surface area contributed by atoms with Crippen LogP contribution in [-0.2, 0) is 18.9 Å². The maximum absolute atomic E-state index is 13.0. The molecule has 2 heterocycles. The predicted molar refractivity (Wildman–Crippen MR) is 37.4 cm³/mol. The molecular weight excluding hydrogens is 237 g/mol. The molecule has 0 N–H and O–H groups in total. The fourth-order valence-corrected chi connectivity index (χ4v) is 1.40. The van der Waals surface area contributed by atoms with Crippen molar-refractivity contribution in [1.82, 2.24) is 0 Å². The maximum Gasteiger partial charge on any atom is 0.511 e. The zero-order valence-electron chi connectivity index (χ0n) is 7.47. The van der Waals surface area contributed by atoms with Gasteiger partial charge in [0.05, 0.1) is 0 Å². The summed E-state index contributed by atoms with van der Waals surface area (Å²) in [7, 11) is 0. The van der Waals surface area contributed by atoms with E-state index in [-0.39, 0.29) is 0 Å². The zero-order chi connectivity index (χ0) is 11.9. The number of carbonyl (C=O) groups excluding carboxylic acids is 2. The predicted octanol–water partition coefficient (Wildman–Crippen LogP) is 0.986. The minimum absolute atomic E-state index is 1.35. The first-order valence-corrected chi connectivity index (χ1v) is 4.16. The summed E-state index contributed by atoms with van der Waals surface area (Å²) in [5.41, 5.74) is 0. The SMILES string of the molecule is O=C1OC(F)C(C2OC(=O)OC2C(F)F)O1. The summed E-state index contributed by atoms with van der Waals surface area (Å²) in [6, 6.07) is 0. The Bertz CT molecular complexity index is 321. The molecular formula is C7H5F3O6. The molecule has 2 saturated heterocycles. The monoisotopic (exact) mass is 242 g/mol. The van der Waals surface area contributed by atoms with Crippen molar-refractivity contribution in [3.05, 3.63) is 0 Å². The van der Waals surface area contributed by atoms with Gasteiger partial charge in [-0.25, -0.2) is 18.4 Å². The molecule has 9 heteroatoms. The van der Waals surface area contributed by atoms with Gasteiger partial charge in [-0.3, -0.25) is 0 Å². The molecule has 4 unspecified atom stereocenters. The van der Waals surface area contributed by atoms with Gasteiger partial charge < -0.3 is 18.9 Å². The number of ether oxygens (including phenoxy) is 4. The van der Waals surface area contributed by atoms with Crippen LogP contribution in [0.3, 0.4) is 0 Å². The molecule has 0 aromatic carbocycles. The highest BCUT2D eigenvalue weighted by Gasteiger charge is 2.55. The second-order valence-corrected chi connectivity index (χ2v) is 3.05. The van der Waals surface area contributed by atoms with E-state index in [1.807, 2.05) is 0 Å². The number of rotatable bonds is 2. The average Bonchev–Trinajstić information content (AvgIpc) is 2.69. The molecule has 0 saturated carbocycles. The molecule has 0 aliphatic carbocycles. The van der Waals surface area contributed by atoms with Gasteiger partial charge in [-0.1, -0.05) is 0 Å². The lowest BCUT2D eigenvalue weighted by atomic mass is 10.1. The van der Waals surface area contributed by atoms with Crippen LogP contribution in [0.2, 0.25) is 0 Å². The van der Waals surface area contributed by atoms with Crippen molar-refractivity contribution in [1.29, 1.82) is 0 Å². The lowest BCUT2D eigenvalue weighted by Crippen LogP contribution is -2.43. The molecule has 2 rings (SSSR count). The highest BCUT2D eigenvalue weighted by molar-refractivity contribution is 5.64. The van der Waals surface area contributed by atoms with E-state index in [0.29, 0.717) is 0 Å². The number of halogens is 3. The smallest absolute Gasteiger partial charge is 0.422 e. The molecule has 6 nitrogen and oxygen atoms in total. The number of carbonyl (C=O) groups is 2. The Morgan fingerprint density at radius 2 is 1.50 bits per heavy atom. The van der Waals surface area contributed by atoms with Crippen molar-refractivity contribution < 1.29 is 41.7 Å². The number of hydrogen-bond acceptors (Lipinski definition) is 6. The molecule has 16 heavy (non-hydrogen) atoms. The topological polar surface area (TPSA) is 71.1 Å². The Balaban J connectivity index is 2.13. The lowest BCUT2D eigenvalue weighted by molar-refractivity contribution is -0.0718. The summed E-state index contributed by atoms with van der Waals surface area (Å²) in [6.07, 6.45) is -13.5. The Kier molecular flexibility index (Phi) is 2.52. The summed E-state index contributed by atoms with van der Waals surface area (Å²) in [5.74, 6) is 0. The van der Waals surface area contributed by atoms with E-state index < -0.39 is 43.4 Å². The molecule has 90 valence electrons. The Labute approximate surface area is 86.2 Å². The number of hydrogen-bond donors (Lipinski definition) is 0. The fraction of sp³-hybridized carbons (Fsp3) is 0.714. The van der Waals surface area contributed by atoms with Gasteiger partial charge in [-0.2, -0.15) is 4.39 Å². The van der Waals surface area contributed by atoms with E-state index in [0.717, 1.165) is 0 Å². The Morgan fingerprint density at radius 1 is 0.938 bits per heavy atom. The van der Waals surface area contributed by atoms with Crippen LogP contribution in [0, 0.1) is 0 Å². The largest absolute Gasteiger partial charge is 0.511 e. The quantitative estimate of drug-likeness (QED) is 0.672. The fourth-order valence-electron chi connectivity index (χ4n) is 1.40. The van der Waals surface area contributed by atoms with Gasteiger partial charge in [0.2, 0.25) is 12.2 Å². The van der Waals surface area contributed by atoms with Crippen molar-refractivity contribution >= 4 is 12.3 Å². The summed E-state index contributed by atoms with van der Waals surface area (Å²) in [4.78, 5) is 21.2. The molecule has 0 bridgehead atoms. The van der Waals surface area contributed by atoms with Gasteiger partial charge in [0.15, 0.2) is 6.10 Å². The van der Waals surface area contributed by atoms with Gasteiger partial charge in [-0.15, -0.1) is 0 Å². The van der Waals surface area contributed by atoms with E-state index in [4.69, 9.17) is 0 Å². The maximum atomic E-state index is 13.0.